The normalized spacial score (nSPS) is 23.1. The van der Waals surface area contributed by atoms with Crippen LogP contribution in [0.3, 0.4) is 0 Å². The molecule has 2 fully saturated rings. The van der Waals surface area contributed by atoms with E-state index in [1.165, 1.54) is 5.56 Å². The van der Waals surface area contributed by atoms with Crippen LogP contribution in [0.25, 0.3) is 0 Å². The zero-order valence-corrected chi connectivity index (χ0v) is 15.7. The van der Waals surface area contributed by atoms with Gasteiger partial charge in [0.15, 0.2) is 0 Å². The maximum absolute atomic E-state index is 12.6. The number of ether oxygens (including phenoxy) is 1. The molecule has 3 aliphatic heterocycles. The molecule has 8 nitrogen and oxygen atoms in total. The van der Waals surface area contributed by atoms with Crippen LogP contribution in [0.5, 0.6) is 0 Å². The molecule has 0 saturated carbocycles. The highest BCUT2D eigenvalue weighted by Crippen LogP contribution is 2.27. The standard InChI is InChI=1S/C18H28N6O2/c1-22(2)18-20-14-12-19-6-5-13(14)16(21-18)23-7-9-24(10-8-23)17(25)15-4-3-11-26-15/h15,19H,3-12H2,1-2H3/t15-/m0/s1. The number of nitrogens with one attached hydrogen (secondary N) is 1. The molecule has 0 aliphatic carbocycles. The lowest BCUT2D eigenvalue weighted by Gasteiger charge is -2.38. The predicted octanol–water partition coefficient (Wildman–Crippen LogP) is 0.0159. The van der Waals surface area contributed by atoms with E-state index in [1.54, 1.807) is 0 Å². The van der Waals surface area contributed by atoms with Crippen LogP contribution < -0.4 is 15.1 Å². The zero-order valence-electron chi connectivity index (χ0n) is 15.7. The lowest BCUT2D eigenvalue weighted by atomic mass is 10.1. The quantitative estimate of drug-likeness (QED) is 0.814. The Labute approximate surface area is 154 Å². The van der Waals surface area contributed by atoms with Gasteiger partial charge < -0.3 is 24.8 Å². The summed E-state index contributed by atoms with van der Waals surface area (Å²) in [4.78, 5) is 28.3. The van der Waals surface area contributed by atoms with Gasteiger partial charge in [0.25, 0.3) is 5.91 Å². The summed E-state index contributed by atoms with van der Waals surface area (Å²) in [7, 11) is 3.94. The first-order valence-corrected chi connectivity index (χ1v) is 9.56. The molecule has 1 N–H and O–H groups in total. The van der Waals surface area contributed by atoms with Gasteiger partial charge in [-0.15, -0.1) is 0 Å². The molecule has 4 rings (SSSR count). The number of fused-ring (bicyclic) bond motifs is 1. The molecule has 0 aromatic carbocycles. The summed E-state index contributed by atoms with van der Waals surface area (Å²) >= 11 is 0. The minimum atomic E-state index is -0.222. The van der Waals surface area contributed by atoms with Crippen LogP contribution >= 0.6 is 0 Å². The van der Waals surface area contributed by atoms with Crippen LogP contribution in [-0.4, -0.2) is 80.3 Å². The van der Waals surface area contributed by atoms with Crippen molar-refractivity contribution in [2.45, 2.75) is 31.9 Å². The fourth-order valence-corrected chi connectivity index (χ4v) is 3.90. The molecule has 1 aromatic heterocycles. The molecular formula is C18H28N6O2. The fourth-order valence-electron chi connectivity index (χ4n) is 3.90. The van der Waals surface area contributed by atoms with Crippen molar-refractivity contribution in [1.82, 2.24) is 20.2 Å². The Hall–Kier alpha value is -1.93. The Kier molecular flexibility index (Phi) is 4.95. The summed E-state index contributed by atoms with van der Waals surface area (Å²) in [5.74, 6) is 1.95. The molecule has 0 radical (unpaired) electrons. The van der Waals surface area contributed by atoms with E-state index < -0.39 is 0 Å². The minimum Gasteiger partial charge on any atom is -0.368 e. The van der Waals surface area contributed by atoms with Crippen molar-refractivity contribution < 1.29 is 9.53 Å². The van der Waals surface area contributed by atoms with Gasteiger partial charge >= 0.3 is 0 Å². The van der Waals surface area contributed by atoms with Gasteiger partial charge in [0.2, 0.25) is 5.95 Å². The van der Waals surface area contributed by atoms with E-state index in [0.29, 0.717) is 6.61 Å². The number of hydrogen-bond donors (Lipinski definition) is 1. The first-order chi connectivity index (χ1) is 12.6. The first-order valence-electron chi connectivity index (χ1n) is 9.56. The number of anilines is 2. The number of carbonyl (C=O) groups is 1. The second-order valence-corrected chi connectivity index (χ2v) is 7.41. The second kappa shape index (κ2) is 7.36. The number of amides is 1. The van der Waals surface area contributed by atoms with Crippen molar-refractivity contribution in [3.8, 4) is 0 Å². The lowest BCUT2D eigenvalue weighted by molar-refractivity contribution is -0.141. The van der Waals surface area contributed by atoms with Crippen LogP contribution in [0.1, 0.15) is 24.1 Å². The minimum absolute atomic E-state index is 0.157. The van der Waals surface area contributed by atoms with Crippen molar-refractivity contribution in [2.75, 3.05) is 63.2 Å². The third-order valence-electron chi connectivity index (χ3n) is 5.40. The highest BCUT2D eigenvalue weighted by atomic mass is 16.5. The van der Waals surface area contributed by atoms with Crippen LogP contribution in [0.4, 0.5) is 11.8 Å². The Morgan fingerprint density at radius 1 is 1.23 bits per heavy atom. The average molecular weight is 360 g/mol. The third kappa shape index (κ3) is 3.35. The van der Waals surface area contributed by atoms with E-state index in [-0.39, 0.29) is 12.0 Å². The summed E-state index contributed by atoms with van der Waals surface area (Å²) in [5, 5.41) is 3.40. The molecule has 4 heterocycles. The van der Waals surface area contributed by atoms with Crippen LogP contribution in [0.15, 0.2) is 0 Å². The first kappa shape index (κ1) is 17.5. The Morgan fingerprint density at radius 2 is 2.04 bits per heavy atom. The monoisotopic (exact) mass is 360 g/mol. The van der Waals surface area contributed by atoms with Gasteiger partial charge in [-0.3, -0.25) is 4.79 Å². The van der Waals surface area contributed by atoms with Crippen LogP contribution in [0, 0.1) is 0 Å². The Balaban J connectivity index is 1.50. The van der Waals surface area contributed by atoms with Gasteiger partial charge in [0.05, 0.1) is 5.69 Å². The van der Waals surface area contributed by atoms with Crippen molar-refractivity contribution in [1.29, 1.82) is 0 Å². The van der Waals surface area contributed by atoms with Gasteiger partial charge in [0.1, 0.15) is 11.9 Å². The number of piperazine rings is 1. The van der Waals surface area contributed by atoms with Crippen molar-refractivity contribution in [3.63, 3.8) is 0 Å². The van der Waals surface area contributed by atoms with Gasteiger partial charge in [0, 0.05) is 59.0 Å². The Morgan fingerprint density at radius 3 is 2.73 bits per heavy atom. The van der Waals surface area contributed by atoms with Crippen molar-refractivity contribution in [2.24, 2.45) is 0 Å². The van der Waals surface area contributed by atoms with E-state index >= 15 is 0 Å². The number of carbonyl (C=O) groups excluding carboxylic acids is 1. The number of hydrogen-bond acceptors (Lipinski definition) is 7. The molecule has 0 unspecified atom stereocenters. The van der Waals surface area contributed by atoms with Crippen molar-refractivity contribution >= 4 is 17.7 Å². The summed E-state index contributed by atoms with van der Waals surface area (Å²) in [6, 6.07) is 0. The topological polar surface area (TPSA) is 73.8 Å². The second-order valence-electron chi connectivity index (χ2n) is 7.41. The summed E-state index contributed by atoms with van der Waals surface area (Å²) < 4.78 is 5.56. The van der Waals surface area contributed by atoms with Crippen LogP contribution in [0.2, 0.25) is 0 Å². The van der Waals surface area contributed by atoms with Crippen molar-refractivity contribution in [3.05, 3.63) is 11.3 Å². The maximum Gasteiger partial charge on any atom is 0.251 e. The number of rotatable bonds is 3. The van der Waals surface area contributed by atoms with Gasteiger partial charge in [-0.05, 0) is 25.8 Å². The molecule has 0 bridgehead atoms. The molecule has 142 valence electrons. The van der Waals surface area contributed by atoms with E-state index in [1.807, 2.05) is 23.9 Å². The number of aromatic nitrogens is 2. The molecule has 8 heteroatoms. The highest BCUT2D eigenvalue weighted by molar-refractivity contribution is 5.81. The largest absolute Gasteiger partial charge is 0.368 e. The third-order valence-corrected chi connectivity index (χ3v) is 5.40. The van der Waals surface area contributed by atoms with E-state index in [2.05, 4.69) is 10.2 Å². The van der Waals surface area contributed by atoms with Gasteiger partial charge in [-0.1, -0.05) is 0 Å². The van der Waals surface area contributed by atoms with E-state index in [4.69, 9.17) is 14.7 Å². The maximum atomic E-state index is 12.6. The molecule has 1 aromatic rings. The molecule has 26 heavy (non-hydrogen) atoms. The zero-order chi connectivity index (χ0) is 18.1. The van der Waals surface area contributed by atoms with E-state index in [0.717, 1.165) is 76.0 Å². The van der Waals surface area contributed by atoms with Gasteiger partial charge in [-0.2, -0.15) is 4.98 Å². The Bertz CT molecular complexity index is 666. The average Bonchev–Trinajstić information content (AvgIpc) is 3.21. The molecule has 2 saturated heterocycles. The van der Waals surface area contributed by atoms with E-state index in [9.17, 15) is 4.79 Å². The SMILES string of the molecule is CN(C)c1nc2c(c(N3CCN(C(=O)[C@@H]4CCCO4)CC3)n1)CCNC2. The van der Waals surface area contributed by atoms with Gasteiger partial charge in [-0.25, -0.2) is 4.98 Å². The molecule has 3 aliphatic rings. The fraction of sp³-hybridized carbons (Fsp3) is 0.722. The summed E-state index contributed by atoms with van der Waals surface area (Å²) in [5.41, 5.74) is 2.36. The molecule has 0 spiro atoms. The predicted molar refractivity (Wildman–Crippen MR) is 99.5 cm³/mol. The lowest BCUT2D eigenvalue weighted by Crippen LogP contribution is -2.52. The summed E-state index contributed by atoms with van der Waals surface area (Å²) in [6.07, 6.45) is 2.58. The molecule has 1 atom stereocenters. The molecule has 1 amide bonds. The molecular weight excluding hydrogens is 332 g/mol. The smallest absolute Gasteiger partial charge is 0.251 e. The highest BCUT2D eigenvalue weighted by Gasteiger charge is 2.31. The number of nitrogens with zero attached hydrogens (tertiary/aromatic N) is 5. The van der Waals surface area contributed by atoms with Crippen LogP contribution in [-0.2, 0) is 22.5 Å². The summed E-state index contributed by atoms with van der Waals surface area (Å²) in [6.45, 7) is 5.54.